The van der Waals surface area contributed by atoms with E-state index in [0.717, 1.165) is 70.5 Å². The summed E-state index contributed by atoms with van der Waals surface area (Å²) in [6.45, 7) is 14.7. The Morgan fingerprint density at radius 2 is 1.97 bits per heavy atom. The number of anilines is 1. The summed E-state index contributed by atoms with van der Waals surface area (Å²) in [6, 6.07) is 10.5. The van der Waals surface area contributed by atoms with E-state index in [1.54, 1.807) is 0 Å². The maximum Gasteiger partial charge on any atom is 0.339 e. The quantitative estimate of drug-likeness (QED) is 0.406. The van der Waals surface area contributed by atoms with Gasteiger partial charge in [0.2, 0.25) is 0 Å². The summed E-state index contributed by atoms with van der Waals surface area (Å²) in [5.41, 5.74) is 7.73. The molecule has 0 bridgehead atoms. The molecule has 1 atom stereocenters. The second-order valence-corrected chi connectivity index (χ2v) is 10.7. The summed E-state index contributed by atoms with van der Waals surface area (Å²) in [4.78, 5) is 20.7. The highest BCUT2D eigenvalue weighted by Gasteiger charge is 2.35. The molecule has 0 N–H and O–H groups in total. The van der Waals surface area contributed by atoms with Gasteiger partial charge in [0, 0.05) is 23.2 Å². The van der Waals surface area contributed by atoms with E-state index in [1.807, 2.05) is 47.6 Å². The van der Waals surface area contributed by atoms with E-state index in [9.17, 15) is 4.79 Å². The zero-order valence-corrected chi connectivity index (χ0v) is 22.2. The Morgan fingerprint density at radius 1 is 1.17 bits per heavy atom. The van der Waals surface area contributed by atoms with Gasteiger partial charge in [0.05, 0.1) is 30.0 Å². The van der Waals surface area contributed by atoms with Gasteiger partial charge in [-0.3, -0.25) is 4.98 Å². The van der Waals surface area contributed by atoms with E-state index in [-0.39, 0.29) is 5.97 Å². The number of benzene rings is 2. The molecule has 0 amide bonds. The van der Waals surface area contributed by atoms with Crippen molar-refractivity contribution in [2.45, 2.75) is 66.1 Å². The van der Waals surface area contributed by atoms with Gasteiger partial charge in [-0.05, 0) is 94.8 Å². The van der Waals surface area contributed by atoms with Crippen LogP contribution in [0.3, 0.4) is 0 Å². The van der Waals surface area contributed by atoms with Crippen molar-refractivity contribution >= 4 is 22.6 Å². The van der Waals surface area contributed by atoms with Crippen molar-refractivity contribution in [3.63, 3.8) is 0 Å². The maximum atomic E-state index is 13.4. The number of rotatable bonds is 5. The Bertz CT molecular complexity index is 1320. The highest BCUT2D eigenvalue weighted by Crippen LogP contribution is 2.48. The number of pyridine rings is 1. The van der Waals surface area contributed by atoms with Gasteiger partial charge in [-0.15, -0.1) is 0 Å². The minimum atomic E-state index is -0.857. The van der Waals surface area contributed by atoms with E-state index >= 15 is 0 Å². The van der Waals surface area contributed by atoms with Crippen LogP contribution in [0.15, 0.2) is 30.3 Å². The van der Waals surface area contributed by atoms with Gasteiger partial charge in [-0.1, -0.05) is 12.1 Å². The first-order valence-corrected chi connectivity index (χ1v) is 13.0. The molecular weight excluding hydrogens is 452 g/mol. The molecule has 6 nitrogen and oxygen atoms in total. The van der Waals surface area contributed by atoms with Gasteiger partial charge in [0.1, 0.15) is 12.4 Å². The first kappa shape index (κ1) is 24.6. The van der Waals surface area contributed by atoms with Crippen LogP contribution in [0.5, 0.6) is 5.75 Å². The molecule has 0 saturated heterocycles. The van der Waals surface area contributed by atoms with Crippen LogP contribution in [0.2, 0.25) is 0 Å². The second kappa shape index (κ2) is 9.40. The van der Waals surface area contributed by atoms with Crippen molar-refractivity contribution in [1.29, 1.82) is 0 Å². The molecule has 1 aromatic heterocycles. The minimum absolute atomic E-state index is 0.294. The van der Waals surface area contributed by atoms with Crippen molar-refractivity contribution in [1.82, 2.24) is 4.98 Å². The van der Waals surface area contributed by atoms with Crippen LogP contribution in [0.4, 0.5) is 5.69 Å². The second-order valence-electron chi connectivity index (χ2n) is 10.7. The molecule has 0 spiro atoms. The average Bonchev–Trinajstić information content (AvgIpc) is 2.82. The zero-order chi connectivity index (χ0) is 25.6. The SMILES string of the molecule is CCOC(=O)C(OC(C)(C)C)c1c(C)cc2nc(C)ccc2c1-c1ccc2c3c1CCCN3CCO2. The number of ether oxygens (including phenoxy) is 3. The Labute approximate surface area is 213 Å². The summed E-state index contributed by atoms with van der Waals surface area (Å²) in [5, 5.41) is 1.01. The topological polar surface area (TPSA) is 60.9 Å². The van der Waals surface area contributed by atoms with Crippen molar-refractivity contribution in [2.75, 3.05) is 31.2 Å². The maximum absolute atomic E-state index is 13.4. The van der Waals surface area contributed by atoms with Crippen molar-refractivity contribution in [3.8, 4) is 16.9 Å². The van der Waals surface area contributed by atoms with Crippen molar-refractivity contribution < 1.29 is 19.0 Å². The molecule has 0 fully saturated rings. The van der Waals surface area contributed by atoms with Gasteiger partial charge >= 0.3 is 5.97 Å². The molecule has 2 aliphatic heterocycles. The minimum Gasteiger partial charge on any atom is -0.490 e. The summed E-state index contributed by atoms with van der Waals surface area (Å²) in [7, 11) is 0. The summed E-state index contributed by atoms with van der Waals surface area (Å²) < 4.78 is 18.0. The number of nitrogens with zero attached hydrogens (tertiary/aromatic N) is 2. The third-order valence-corrected chi connectivity index (χ3v) is 6.92. The van der Waals surface area contributed by atoms with Crippen molar-refractivity contribution in [3.05, 3.63) is 52.7 Å². The molecule has 3 heterocycles. The lowest BCUT2D eigenvalue weighted by Crippen LogP contribution is -2.37. The molecule has 0 aliphatic carbocycles. The number of esters is 1. The van der Waals surface area contributed by atoms with E-state index in [2.05, 4.69) is 29.2 Å². The Kier molecular flexibility index (Phi) is 6.41. The Morgan fingerprint density at radius 3 is 2.72 bits per heavy atom. The molecular formula is C30H36N2O4. The molecule has 36 heavy (non-hydrogen) atoms. The smallest absolute Gasteiger partial charge is 0.339 e. The van der Waals surface area contributed by atoms with Gasteiger partial charge in [-0.25, -0.2) is 4.79 Å². The first-order valence-electron chi connectivity index (χ1n) is 13.0. The normalized spacial score (nSPS) is 15.9. The summed E-state index contributed by atoms with van der Waals surface area (Å²) >= 11 is 0. The van der Waals surface area contributed by atoms with E-state index in [4.69, 9.17) is 19.2 Å². The monoisotopic (exact) mass is 488 g/mol. The molecule has 0 saturated carbocycles. The summed E-state index contributed by atoms with van der Waals surface area (Å²) in [6.07, 6.45) is 1.18. The van der Waals surface area contributed by atoms with Crippen LogP contribution in [0.1, 0.15) is 62.6 Å². The fourth-order valence-electron chi connectivity index (χ4n) is 5.56. The van der Waals surface area contributed by atoms with Gasteiger partial charge in [0.25, 0.3) is 0 Å². The number of carbonyl (C=O) groups excluding carboxylic acids is 1. The lowest BCUT2D eigenvalue weighted by molar-refractivity contribution is -0.166. The third kappa shape index (κ3) is 4.43. The van der Waals surface area contributed by atoms with Crippen LogP contribution in [0, 0.1) is 13.8 Å². The zero-order valence-electron chi connectivity index (χ0n) is 22.2. The highest BCUT2D eigenvalue weighted by atomic mass is 16.6. The summed E-state index contributed by atoms with van der Waals surface area (Å²) in [5.74, 6) is 0.577. The van der Waals surface area contributed by atoms with Crippen LogP contribution >= 0.6 is 0 Å². The molecule has 2 aromatic carbocycles. The van der Waals surface area contributed by atoms with E-state index < -0.39 is 11.7 Å². The fraction of sp³-hybridized carbons (Fsp3) is 0.467. The number of hydrogen-bond donors (Lipinski definition) is 0. The number of aromatic nitrogens is 1. The lowest BCUT2D eigenvalue weighted by Gasteiger charge is -2.38. The molecule has 6 heteroatoms. The lowest BCUT2D eigenvalue weighted by atomic mass is 9.83. The largest absolute Gasteiger partial charge is 0.490 e. The number of fused-ring (bicyclic) bond motifs is 1. The van der Waals surface area contributed by atoms with E-state index in [0.29, 0.717) is 13.2 Å². The average molecular weight is 489 g/mol. The van der Waals surface area contributed by atoms with Crippen LogP contribution < -0.4 is 9.64 Å². The predicted molar refractivity (Wildman–Crippen MR) is 143 cm³/mol. The molecule has 2 aliphatic rings. The van der Waals surface area contributed by atoms with E-state index in [1.165, 1.54) is 11.3 Å². The molecule has 0 radical (unpaired) electrons. The van der Waals surface area contributed by atoms with Crippen LogP contribution in [-0.4, -0.2) is 42.9 Å². The van der Waals surface area contributed by atoms with Crippen LogP contribution in [-0.2, 0) is 20.7 Å². The molecule has 5 rings (SSSR count). The molecule has 1 unspecified atom stereocenters. The Balaban J connectivity index is 1.84. The molecule has 3 aromatic rings. The van der Waals surface area contributed by atoms with Gasteiger partial charge in [0.15, 0.2) is 6.10 Å². The van der Waals surface area contributed by atoms with Crippen LogP contribution in [0.25, 0.3) is 22.0 Å². The van der Waals surface area contributed by atoms with Gasteiger partial charge in [-0.2, -0.15) is 0 Å². The number of carbonyl (C=O) groups is 1. The van der Waals surface area contributed by atoms with Crippen molar-refractivity contribution in [2.24, 2.45) is 0 Å². The number of hydrogen-bond acceptors (Lipinski definition) is 6. The first-order chi connectivity index (χ1) is 17.2. The molecule has 190 valence electrons. The Hall–Kier alpha value is -3.12. The third-order valence-electron chi connectivity index (χ3n) is 6.92. The number of aryl methyl sites for hydroxylation is 2. The van der Waals surface area contributed by atoms with Gasteiger partial charge < -0.3 is 19.1 Å². The standard InChI is InChI=1S/C30H36N2O4/c1-7-34-29(33)28(36-30(4,5)6)25-18(2)17-23-22(11-10-19(3)31-23)26(25)20-12-13-24-27-21(20)9-8-14-32(27)15-16-35-24/h10-13,17,28H,7-9,14-16H2,1-6H3. The highest BCUT2D eigenvalue weighted by molar-refractivity contribution is 6.01. The fourth-order valence-corrected chi connectivity index (χ4v) is 5.56. The predicted octanol–water partition coefficient (Wildman–Crippen LogP) is 6.08.